The van der Waals surface area contributed by atoms with Gasteiger partial charge in [-0.1, -0.05) is 29.3 Å². The molecule has 29 heavy (non-hydrogen) atoms. The van der Waals surface area contributed by atoms with E-state index in [9.17, 15) is 22.4 Å². The number of hydrogen-bond acceptors (Lipinski definition) is 3. The lowest BCUT2D eigenvalue weighted by Gasteiger charge is -2.14. The van der Waals surface area contributed by atoms with Gasteiger partial charge in [-0.2, -0.15) is 13.8 Å². The zero-order chi connectivity index (χ0) is 21.6. The lowest BCUT2D eigenvalue weighted by molar-refractivity contribution is -0.0563. The number of benzene rings is 2. The predicted molar refractivity (Wildman–Crippen MR) is 107 cm³/mol. The van der Waals surface area contributed by atoms with Crippen LogP contribution in [0, 0.1) is 0 Å². The van der Waals surface area contributed by atoms with Gasteiger partial charge < -0.3 is 10.1 Å². The van der Waals surface area contributed by atoms with Crippen LogP contribution in [0.3, 0.4) is 0 Å². The second kappa shape index (κ2) is 10.2. The van der Waals surface area contributed by atoms with Gasteiger partial charge in [0.1, 0.15) is 0 Å². The highest BCUT2D eigenvalue weighted by molar-refractivity contribution is 8.00. The van der Waals surface area contributed by atoms with E-state index in [4.69, 9.17) is 27.9 Å². The van der Waals surface area contributed by atoms with Crippen molar-refractivity contribution in [1.82, 2.24) is 0 Å². The summed E-state index contributed by atoms with van der Waals surface area (Å²) in [6.07, 6.45) is -3.80. The van der Waals surface area contributed by atoms with Crippen LogP contribution >= 0.6 is 35.0 Å². The maximum atomic E-state index is 13.1. The van der Waals surface area contributed by atoms with Crippen LogP contribution in [-0.4, -0.2) is 30.2 Å². The number of ether oxygens (including phenoxy) is 1. The summed E-state index contributed by atoms with van der Waals surface area (Å²) < 4.78 is 56.0. The Morgan fingerprint density at radius 2 is 1.76 bits per heavy atom. The molecule has 2 amide bonds. The van der Waals surface area contributed by atoms with Crippen LogP contribution in [0.1, 0.15) is 12.5 Å². The Morgan fingerprint density at radius 1 is 1.17 bits per heavy atom. The van der Waals surface area contributed by atoms with Crippen LogP contribution in [0.5, 0.6) is 0 Å². The Balaban J connectivity index is 2.16. The van der Waals surface area contributed by atoms with Gasteiger partial charge in [-0.3, -0.25) is 0 Å². The van der Waals surface area contributed by atoms with Gasteiger partial charge in [-0.25, -0.2) is 13.6 Å². The quantitative estimate of drug-likeness (QED) is 0.215. The second-order valence-electron chi connectivity index (χ2n) is 5.37. The average Bonchev–Trinajstić information content (AvgIpc) is 2.63. The van der Waals surface area contributed by atoms with E-state index in [1.54, 1.807) is 25.1 Å². The zero-order valence-electron chi connectivity index (χ0n) is 14.8. The van der Waals surface area contributed by atoms with Crippen molar-refractivity contribution < 1.29 is 27.1 Å². The smallest absolute Gasteiger partial charge is 0.357 e. The molecule has 1 N–H and O–H groups in total. The van der Waals surface area contributed by atoms with Crippen molar-refractivity contribution in [2.45, 2.75) is 23.5 Å². The van der Waals surface area contributed by atoms with Crippen molar-refractivity contribution >= 4 is 52.6 Å². The summed E-state index contributed by atoms with van der Waals surface area (Å²) in [6, 6.07) is 8.81. The minimum atomic E-state index is -4.21. The molecule has 4 nitrogen and oxygen atoms in total. The molecule has 156 valence electrons. The van der Waals surface area contributed by atoms with Gasteiger partial charge in [0.2, 0.25) is 5.90 Å². The summed E-state index contributed by atoms with van der Waals surface area (Å²) in [4.78, 5) is 15.9. The molecule has 0 saturated carbocycles. The Kier molecular flexibility index (Phi) is 8.18. The van der Waals surface area contributed by atoms with E-state index in [0.717, 1.165) is 0 Å². The first-order chi connectivity index (χ1) is 13.6. The fraction of sp³-hybridized carbons (Fsp3) is 0.222. The third-order valence-corrected chi connectivity index (χ3v) is 4.86. The molecule has 0 aliphatic rings. The molecule has 0 spiro atoms. The van der Waals surface area contributed by atoms with Crippen molar-refractivity contribution in [3.8, 4) is 0 Å². The van der Waals surface area contributed by atoms with Gasteiger partial charge in [0.25, 0.3) is 0 Å². The molecule has 0 atom stereocenters. The molecule has 0 aromatic heterocycles. The van der Waals surface area contributed by atoms with E-state index in [2.05, 4.69) is 10.3 Å². The Bertz CT molecular complexity index is 876. The number of urea groups is 1. The highest BCUT2D eigenvalue weighted by Gasteiger charge is 2.41. The lowest BCUT2D eigenvalue weighted by atomic mass is 10.2. The fourth-order valence-electron chi connectivity index (χ4n) is 2.05. The highest BCUT2D eigenvalue weighted by atomic mass is 35.5. The normalized spacial score (nSPS) is 12.2. The number of amides is 2. The number of halogens is 6. The number of nitrogens with one attached hydrogen (secondary N) is 1. The van der Waals surface area contributed by atoms with Gasteiger partial charge in [0.05, 0.1) is 22.2 Å². The molecule has 0 aliphatic carbocycles. The maximum absolute atomic E-state index is 13.1. The van der Waals surface area contributed by atoms with Gasteiger partial charge in [0.15, 0.2) is 0 Å². The summed E-state index contributed by atoms with van der Waals surface area (Å²) in [5.41, 5.74) is 0.457. The molecule has 0 radical (unpaired) electrons. The van der Waals surface area contributed by atoms with E-state index in [1.165, 1.54) is 24.3 Å². The maximum Gasteiger partial charge on any atom is 0.357 e. The Labute approximate surface area is 178 Å². The van der Waals surface area contributed by atoms with E-state index < -0.39 is 17.7 Å². The molecular formula is C18H14Cl2F4N2O2S. The summed E-state index contributed by atoms with van der Waals surface area (Å²) in [7, 11) is 0. The van der Waals surface area contributed by atoms with Crippen LogP contribution < -0.4 is 5.32 Å². The first kappa shape index (κ1) is 23.3. The average molecular weight is 469 g/mol. The van der Waals surface area contributed by atoms with Crippen molar-refractivity contribution in [1.29, 1.82) is 0 Å². The topological polar surface area (TPSA) is 50.7 Å². The largest absolute Gasteiger partial charge is 0.477 e. The fourth-order valence-corrected chi connectivity index (χ4v) is 3.29. The van der Waals surface area contributed by atoms with Crippen LogP contribution in [0.25, 0.3) is 0 Å². The van der Waals surface area contributed by atoms with Crippen molar-refractivity contribution in [3.63, 3.8) is 0 Å². The predicted octanol–water partition coefficient (Wildman–Crippen LogP) is 6.96. The van der Waals surface area contributed by atoms with Crippen molar-refractivity contribution in [3.05, 3.63) is 58.1 Å². The summed E-state index contributed by atoms with van der Waals surface area (Å²) in [5.74, 6) is -0.0932. The van der Waals surface area contributed by atoms with E-state index in [1.807, 2.05) is 0 Å². The minimum Gasteiger partial charge on any atom is -0.477 e. The van der Waals surface area contributed by atoms with Crippen molar-refractivity contribution in [2.75, 3.05) is 11.9 Å². The molecule has 0 heterocycles. The standard InChI is InChI=1S/C18H14Cl2F4N2O2S/c1-2-28-15(14-12(19)4-3-5-13(14)20)26-17(27)25-10-6-8-11(9-7-10)29-18(23,24)16(21)22/h3-9,16H,2H2,1H3,(H,25,27)/b26-15-. The molecular weight excluding hydrogens is 455 g/mol. The monoisotopic (exact) mass is 468 g/mol. The summed E-state index contributed by atoms with van der Waals surface area (Å²) in [6.45, 7) is 1.88. The van der Waals surface area contributed by atoms with Crippen LogP contribution in [0.4, 0.5) is 28.0 Å². The third kappa shape index (κ3) is 6.52. The van der Waals surface area contributed by atoms with E-state index >= 15 is 0 Å². The van der Waals surface area contributed by atoms with Gasteiger partial charge in [0, 0.05) is 10.6 Å². The molecule has 2 rings (SSSR count). The van der Waals surface area contributed by atoms with Gasteiger partial charge in [-0.15, -0.1) is 0 Å². The number of rotatable bonds is 6. The molecule has 0 fully saturated rings. The minimum absolute atomic E-state index is 0.0883. The molecule has 0 unspecified atom stereocenters. The SMILES string of the molecule is CCO/C(=N\C(=O)Nc1ccc(SC(F)(F)C(F)F)cc1)c1c(Cl)cccc1Cl. The third-order valence-electron chi connectivity index (χ3n) is 3.27. The zero-order valence-corrected chi connectivity index (χ0v) is 17.1. The molecule has 2 aromatic rings. The summed E-state index contributed by atoms with van der Waals surface area (Å²) >= 11 is 11.9. The first-order valence-electron chi connectivity index (χ1n) is 8.06. The number of carbonyl (C=O) groups is 1. The number of nitrogens with zero attached hydrogens (tertiary/aromatic N) is 1. The van der Waals surface area contributed by atoms with Crippen molar-refractivity contribution in [2.24, 2.45) is 4.99 Å². The van der Waals surface area contributed by atoms with Crippen LogP contribution in [-0.2, 0) is 4.74 Å². The summed E-state index contributed by atoms with van der Waals surface area (Å²) in [5, 5.41) is -1.33. The number of hydrogen-bond donors (Lipinski definition) is 1. The van der Waals surface area contributed by atoms with Gasteiger partial charge >= 0.3 is 17.7 Å². The number of thioether (sulfide) groups is 1. The number of aliphatic imine (C=N–C) groups is 1. The molecule has 2 aromatic carbocycles. The number of carbonyl (C=O) groups excluding carboxylic acids is 1. The molecule has 0 saturated heterocycles. The Hall–Kier alpha value is -1.97. The van der Waals surface area contributed by atoms with Crippen LogP contribution in [0.2, 0.25) is 10.0 Å². The Morgan fingerprint density at radius 3 is 2.28 bits per heavy atom. The van der Waals surface area contributed by atoms with E-state index in [0.29, 0.717) is 0 Å². The second-order valence-corrected chi connectivity index (χ2v) is 7.40. The molecule has 11 heteroatoms. The van der Waals surface area contributed by atoms with Gasteiger partial charge in [-0.05, 0) is 55.1 Å². The molecule has 0 aliphatic heterocycles. The number of anilines is 1. The lowest BCUT2D eigenvalue weighted by Crippen LogP contribution is -2.21. The first-order valence-corrected chi connectivity index (χ1v) is 9.63. The highest BCUT2D eigenvalue weighted by Crippen LogP contribution is 2.40. The van der Waals surface area contributed by atoms with E-state index in [-0.39, 0.29) is 50.5 Å². The molecule has 0 bridgehead atoms. The number of alkyl halides is 4. The van der Waals surface area contributed by atoms with Crippen LogP contribution in [0.15, 0.2) is 52.4 Å².